The van der Waals surface area contributed by atoms with Crippen LogP contribution in [-0.2, 0) is 12.8 Å². The predicted molar refractivity (Wildman–Crippen MR) is 63.3 cm³/mol. The van der Waals surface area contributed by atoms with Gasteiger partial charge >= 0.3 is 5.51 Å². The van der Waals surface area contributed by atoms with Crippen molar-refractivity contribution in [3.8, 4) is 0 Å². The standard InChI is InChI=1S/C11H13F3N2S/c12-11(13,14)17-7-6-15-10-5-4-8-2-1-3-9(8)16-10/h4-5H,1-3,6-7H2,(H,15,16). The van der Waals surface area contributed by atoms with E-state index >= 15 is 0 Å². The quantitative estimate of drug-likeness (QED) is 0.843. The lowest BCUT2D eigenvalue weighted by Gasteiger charge is -2.08. The molecular weight excluding hydrogens is 249 g/mol. The maximum Gasteiger partial charge on any atom is 0.441 e. The Morgan fingerprint density at radius 2 is 2.12 bits per heavy atom. The fourth-order valence-electron chi connectivity index (χ4n) is 1.86. The van der Waals surface area contributed by atoms with Gasteiger partial charge < -0.3 is 5.32 Å². The lowest BCUT2D eigenvalue weighted by atomic mass is 10.2. The van der Waals surface area contributed by atoms with Gasteiger partial charge in [0.25, 0.3) is 0 Å². The van der Waals surface area contributed by atoms with E-state index < -0.39 is 5.51 Å². The van der Waals surface area contributed by atoms with Gasteiger partial charge in [-0.3, -0.25) is 0 Å². The van der Waals surface area contributed by atoms with Crippen molar-refractivity contribution in [2.75, 3.05) is 17.6 Å². The third-order valence-electron chi connectivity index (χ3n) is 2.60. The maximum atomic E-state index is 11.9. The number of nitrogens with zero attached hydrogens (tertiary/aromatic N) is 1. The normalized spacial score (nSPS) is 14.8. The largest absolute Gasteiger partial charge is 0.441 e. The second kappa shape index (κ2) is 5.16. The minimum absolute atomic E-state index is 0.00225. The molecular formula is C11H13F3N2S. The zero-order chi connectivity index (χ0) is 12.3. The molecule has 0 aromatic carbocycles. The molecule has 0 spiro atoms. The van der Waals surface area contributed by atoms with Gasteiger partial charge in [-0.25, -0.2) is 4.98 Å². The van der Waals surface area contributed by atoms with Crippen molar-refractivity contribution in [2.45, 2.75) is 24.8 Å². The van der Waals surface area contributed by atoms with E-state index in [-0.39, 0.29) is 24.1 Å². The molecule has 94 valence electrons. The van der Waals surface area contributed by atoms with Crippen molar-refractivity contribution in [1.29, 1.82) is 0 Å². The Morgan fingerprint density at radius 1 is 1.29 bits per heavy atom. The molecule has 0 atom stereocenters. The van der Waals surface area contributed by atoms with E-state index in [0.717, 1.165) is 25.0 Å². The second-order valence-electron chi connectivity index (χ2n) is 3.88. The second-order valence-corrected chi connectivity index (χ2v) is 5.04. The van der Waals surface area contributed by atoms with Gasteiger partial charge in [-0.15, -0.1) is 0 Å². The van der Waals surface area contributed by atoms with Gasteiger partial charge in [0, 0.05) is 18.0 Å². The Kier molecular flexibility index (Phi) is 3.81. The lowest BCUT2D eigenvalue weighted by molar-refractivity contribution is -0.0327. The first-order chi connectivity index (χ1) is 8.04. The van der Waals surface area contributed by atoms with Crippen LogP contribution in [0.15, 0.2) is 12.1 Å². The van der Waals surface area contributed by atoms with E-state index in [1.807, 2.05) is 12.1 Å². The molecule has 2 rings (SSSR count). The number of nitrogens with one attached hydrogen (secondary N) is 1. The fraction of sp³-hybridized carbons (Fsp3) is 0.545. The van der Waals surface area contributed by atoms with Crippen LogP contribution in [0.3, 0.4) is 0 Å². The van der Waals surface area contributed by atoms with Gasteiger partial charge in [-0.1, -0.05) is 6.07 Å². The van der Waals surface area contributed by atoms with Gasteiger partial charge in [0.1, 0.15) is 5.82 Å². The van der Waals surface area contributed by atoms with Crippen LogP contribution in [0.25, 0.3) is 0 Å². The number of pyridine rings is 1. The first-order valence-corrected chi connectivity index (χ1v) is 6.46. The van der Waals surface area contributed by atoms with Crippen molar-refractivity contribution in [3.05, 3.63) is 23.4 Å². The highest BCUT2D eigenvalue weighted by Crippen LogP contribution is 2.29. The minimum Gasteiger partial charge on any atom is -0.369 e. The zero-order valence-corrected chi connectivity index (χ0v) is 10.00. The van der Waals surface area contributed by atoms with Crippen molar-refractivity contribution in [3.63, 3.8) is 0 Å². The van der Waals surface area contributed by atoms with E-state index in [4.69, 9.17) is 0 Å². The smallest absolute Gasteiger partial charge is 0.369 e. The van der Waals surface area contributed by atoms with Crippen LogP contribution in [0.2, 0.25) is 0 Å². The number of fused-ring (bicyclic) bond motifs is 1. The summed E-state index contributed by atoms with van der Waals surface area (Å²) in [5.74, 6) is 0.677. The molecule has 6 heteroatoms. The molecule has 1 aromatic heterocycles. The highest BCUT2D eigenvalue weighted by atomic mass is 32.2. The zero-order valence-electron chi connectivity index (χ0n) is 9.18. The van der Waals surface area contributed by atoms with Gasteiger partial charge in [0.15, 0.2) is 0 Å². The summed E-state index contributed by atoms with van der Waals surface area (Å²) in [7, 11) is 0. The number of rotatable bonds is 4. The molecule has 0 saturated carbocycles. The Hall–Kier alpha value is -0.910. The summed E-state index contributed by atoms with van der Waals surface area (Å²) >= 11 is -0.0120. The summed E-state index contributed by atoms with van der Waals surface area (Å²) in [4.78, 5) is 4.39. The molecule has 0 unspecified atom stereocenters. The van der Waals surface area contributed by atoms with Crippen LogP contribution in [-0.4, -0.2) is 22.8 Å². The maximum absolute atomic E-state index is 11.9. The van der Waals surface area contributed by atoms with Crippen LogP contribution in [0.4, 0.5) is 19.0 Å². The molecule has 17 heavy (non-hydrogen) atoms. The van der Waals surface area contributed by atoms with Gasteiger partial charge in [0.05, 0.1) is 0 Å². The van der Waals surface area contributed by atoms with Crippen molar-refractivity contribution in [2.24, 2.45) is 0 Å². The van der Waals surface area contributed by atoms with Crippen molar-refractivity contribution in [1.82, 2.24) is 4.98 Å². The van der Waals surface area contributed by atoms with Crippen LogP contribution >= 0.6 is 11.8 Å². The lowest BCUT2D eigenvalue weighted by Crippen LogP contribution is -2.10. The Morgan fingerprint density at radius 3 is 2.88 bits per heavy atom. The highest BCUT2D eigenvalue weighted by Gasteiger charge is 2.27. The molecule has 0 fully saturated rings. The number of alkyl halides is 3. The van der Waals surface area contributed by atoms with E-state index in [0.29, 0.717) is 5.82 Å². The number of hydrogen-bond donors (Lipinski definition) is 1. The van der Waals surface area contributed by atoms with Crippen LogP contribution in [0, 0.1) is 0 Å². The third kappa shape index (κ3) is 3.80. The van der Waals surface area contributed by atoms with Gasteiger partial charge in [0.2, 0.25) is 0 Å². The van der Waals surface area contributed by atoms with Crippen molar-refractivity contribution < 1.29 is 13.2 Å². The summed E-state index contributed by atoms with van der Waals surface area (Å²) in [6.45, 7) is 0.274. The van der Waals surface area contributed by atoms with E-state index in [9.17, 15) is 13.2 Å². The molecule has 1 N–H and O–H groups in total. The first kappa shape index (κ1) is 12.5. The molecule has 1 aliphatic carbocycles. The summed E-state index contributed by atoms with van der Waals surface area (Å²) in [5, 5.41) is 2.92. The molecule has 1 aromatic rings. The van der Waals surface area contributed by atoms with Gasteiger partial charge in [-0.2, -0.15) is 13.2 Å². The van der Waals surface area contributed by atoms with Crippen LogP contribution < -0.4 is 5.32 Å². The summed E-state index contributed by atoms with van der Waals surface area (Å²) in [6.07, 6.45) is 3.16. The molecule has 1 heterocycles. The SMILES string of the molecule is FC(F)(F)SCCNc1ccc2c(n1)CCC2. The molecule has 2 nitrogen and oxygen atoms in total. The minimum atomic E-state index is -4.15. The van der Waals surface area contributed by atoms with E-state index in [1.165, 1.54) is 5.56 Å². The fourth-order valence-corrected chi connectivity index (χ4v) is 2.30. The molecule has 0 radical (unpaired) electrons. The van der Waals surface area contributed by atoms with Gasteiger partial charge in [-0.05, 0) is 42.7 Å². The number of anilines is 1. The average Bonchev–Trinajstić information content (AvgIpc) is 2.70. The predicted octanol–water partition coefficient (Wildman–Crippen LogP) is 3.24. The summed E-state index contributed by atoms with van der Waals surface area (Å²) in [5.41, 5.74) is -1.80. The first-order valence-electron chi connectivity index (χ1n) is 5.48. The number of hydrogen-bond acceptors (Lipinski definition) is 3. The highest BCUT2D eigenvalue weighted by molar-refractivity contribution is 8.00. The van der Waals surface area contributed by atoms with E-state index in [2.05, 4.69) is 10.3 Å². The Balaban J connectivity index is 1.80. The summed E-state index contributed by atoms with van der Waals surface area (Å²) < 4.78 is 35.6. The number of aryl methyl sites for hydroxylation is 2. The number of aromatic nitrogens is 1. The number of halogens is 3. The average molecular weight is 262 g/mol. The third-order valence-corrected chi connectivity index (χ3v) is 3.34. The van der Waals surface area contributed by atoms with E-state index in [1.54, 1.807) is 0 Å². The topological polar surface area (TPSA) is 24.9 Å². The van der Waals surface area contributed by atoms with Crippen LogP contribution in [0.5, 0.6) is 0 Å². The van der Waals surface area contributed by atoms with Crippen LogP contribution in [0.1, 0.15) is 17.7 Å². The monoisotopic (exact) mass is 262 g/mol. The Bertz CT molecular complexity index is 393. The molecule has 0 bridgehead atoms. The molecule has 0 amide bonds. The van der Waals surface area contributed by atoms with Crippen molar-refractivity contribution >= 4 is 17.6 Å². The number of thioether (sulfide) groups is 1. The molecule has 0 aliphatic heterocycles. The Labute approximate surface area is 102 Å². The molecule has 1 aliphatic rings. The summed E-state index contributed by atoms with van der Waals surface area (Å²) in [6, 6.07) is 3.84. The molecule has 0 saturated heterocycles.